The quantitative estimate of drug-likeness (QED) is 0.849. The number of carbonyl (C=O) groups excluding carboxylic acids is 1. The van der Waals surface area contributed by atoms with Gasteiger partial charge in [-0.15, -0.1) is 0 Å². The first kappa shape index (κ1) is 19.0. The second-order valence-electron chi connectivity index (χ2n) is 6.95. The molecule has 1 aliphatic heterocycles. The van der Waals surface area contributed by atoms with E-state index >= 15 is 0 Å². The number of anilines is 1. The molecule has 1 aliphatic rings. The van der Waals surface area contributed by atoms with E-state index in [1.54, 1.807) is 11.8 Å². The highest BCUT2D eigenvalue weighted by Crippen LogP contribution is 2.33. The highest BCUT2D eigenvalue weighted by Gasteiger charge is 2.33. The maximum absolute atomic E-state index is 12.8. The van der Waals surface area contributed by atoms with Crippen molar-refractivity contribution in [1.82, 2.24) is 0 Å². The Labute approximate surface area is 159 Å². The van der Waals surface area contributed by atoms with E-state index in [0.29, 0.717) is 0 Å². The van der Waals surface area contributed by atoms with Crippen LogP contribution in [0.15, 0.2) is 64.4 Å². The molecule has 0 saturated carbocycles. The summed E-state index contributed by atoms with van der Waals surface area (Å²) in [5.74, 6) is 0.0578. The number of rotatable bonds is 5. The number of amides is 1. The minimum Gasteiger partial charge on any atom is -0.364 e. The van der Waals surface area contributed by atoms with Crippen LogP contribution in [0.4, 0.5) is 5.69 Å². The maximum atomic E-state index is 12.8. The summed E-state index contributed by atoms with van der Waals surface area (Å²) in [6, 6.07) is 18.1. The fourth-order valence-electron chi connectivity index (χ4n) is 3.37. The lowest BCUT2D eigenvalue weighted by molar-refractivity contribution is -0.928. The molecule has 1 fully saturated rings. The Balaban J connectivity index is 1.69. The third kappa shape index (κ3) is 4.87. The predicted molar refractivity (Wildman–Crippen MR) is 106 cm³/mol. The normalized spacial score (nSPS) is 24.0. The molecule has 1 unspecified atom stereocenters. The van der Waals surface area contributed by atoms with Gasteiger partial charge in [0.2, 0.25) is 0 Å². The standard InChI is InChI=1S/C21H26N2O2S/c1-15-13-23(14-16(2)25-15)17(3)21(24)22-19-11-7-8-12-20(19)26-18-9-5-4-6-10-18/h4-12,15-17H,13-14H2,1-3H3,(H,22,24)/p+1/t15-,16+,17-/m0/s1. The SMILES string of the molecule is C[C@@H]1C[NH+]([C@@H](C)C(=O)Nc2ccccc2Sc2ccccc2)C[C@H](C)O1. The van der Waals surface area contributed by atoms with Gasteiger partial charge in [0.05, 0.1) is 5.69 Å². The van der Waals surface area contributed by atoms with Crippen LogP contribution in [-0.2, 0) is 9.53 Å². The van der Waals surface area contributed by atoms with Gasteiger partial charge in [0.1, 0.15) is 25.3 Å². The van der Waals surface area contributed by atoms with Gasteiger partial charge in [0.15, 0.2) is 6.04 Å². The van der Waals surface area contributed by atoms with Crippen LogP contribution in [0.1, 0.15) is 20.8 Å². The minimum atomic E-state index is -0.112. The van der Waals surface area contributed by atoms with Gasteiger partial charge in [-0.25, -0.2) is 0 Å². The van der Waals surface area contributed by atoms with E-state index in [2.05, 4.69) is 31.3 Å². The maximum Gasteiger partial charge on any atom is 0.282 e. The molecule has 0 aliphatic carbocycles. The number of morpholine rings is 1. The number of benzene rings is 2. The molecule has 1 saturated heterocycles. The van der Waals surface area contributed by atoms with Crippen LogP contribution in [0.3, 0.4) is 0 Å². The number of hydrogen-bond acceptors (Lipinski definition) is 3. The van der Waals surface area contributed by atoms with E-state index in [-0.39, 0.29) is 24.2 Å². The predicted octanol–water partition coefficient (Wildman–Crippen LogP) is 2.86. The van der Waals surface area contributed by atoms with E-state index in [0.717, 1.165) is 28.6 Å². The molecule has 3 rings (SSSR count). The molecule has 1 heterocycles. The number of ether oxygens (including phenoxy) is 1. The fraction of sp³-hybridized carbons (Fsp3) is 0.381. The van der Waals surface area contributed by atoms with Crippen LogP contribution in [0.2, 0.25) is 0 Å². The fourth-order valence-corrected chi connectivity index (χ4v) is 4.29. The largest absolute Gasteiger partial charge is 0.364 e. The number of hydrogen-bond donors (Lipinski definition) is 2. The van der Waals surface area contributed by atoms with E-state index in [9.17, 15) is 4.79 Å². The molecule has 1 amide bonds. The molecule has 4 atom stereocenters. The first-order valence-electron chi connectivity index (χ1n) is 9.15. The lowest BCUT2D eigenvalue weighted by Crippen LogP contribution is -3.19. The summed E-state index contributed by atoms with van der Waals surface area (Å²) < 4.78 is 5.79. The van der Waals surface area contributed by atoms with E-state index < -0.39 is 0 Å². The Kier molecular flexibility index (Phi) is 6.35. The lowest BCUT2D eigenvalue weighted by atomic mass is 10.1. The number of nitrogens with one attached hydrogen (secondary N) is 2. The number of para-hydroxylation sites is 1. The van der Waals surface area contributed by atoms with Crippen LogP contribution in [0.5, 0.6) is 0 Å². The van der Waals surface area contributed by atoms with Crippen molar-refractivity contribution in [2.24, 2.45) is 0 Å². The highest BCUT2D eigenvalue weighted by atomic mass is 32.2. The summed E-state index contributed by atoms with van der Waals surface area (Å²) in [6.45, 7) is 7.87. The van der Waals surface area contributed by atoms with Gasteiger partial charge < -0.3 is 15.0 Å². The monoisotopic (exact) mass is 371 g/mol. The summed E-state index contributed by atoms with van der Waals surface area (Å²) in [5.41, 5.74) is 0.868. The summed E-state index contributed by atoms with van der Waals surface area (Å²) in [6.07, 6.45) is 0.370. The molecule has 0 aromatic heterocycles. The Hall–Kier alpha value is -1.82. The van der Waals surface area contributed by atoms with Crippen molar-refractivity contribution in [2.75, 3.05) is 18.4 Å². The first-order valence-corrected chi connectivity index (χ1v) is 9.97. The Morgan fingerprint density at radius 1 is 1.08 bits per heavy atom. The molecule has 2 aromatic carbocycles. The average molecular weight is 372 g/mol. The van der Waals surface area contributed by atoms with Crippen molar-refractivity contribution in [3.63, 3.8) is 0 Å². The molecule has 0 bridgehead atoms. The minimum absolute atomic E-state index is 0.0578. The number of carbonyl (C=O) groups is 1. The smallest absolute Gasteiger partial charge is 0.282 e. The molecular formula is C21H27N2O2S+. The molecule has 4 nitrogen and oxygen atoms in total. The van der Waals surface area contributed by atoms with Crippen molar-refractivity contribution < 1.29 is 14.4 Å². The van der Waals surface area contributed by atoms with Crippen molar-refractivity contribution in [3.8, 4) is 0 Å². The van der Waals surface area contributed by atoms with Gasteiger partial charge in [-0.05, 0) is 45.0 Å². The second kappa shape index (κ2) is 8.71. The van der Waals surface area contributed by atoms with Crippen LogP contribution in [-0.4, -0.2) is 37.2 Å². The zero-order valence-electron chi connectivity index (χ0n) is 15.6. The summed E-state index contributed by atoms with van der Waals surface area (Å²) >= 11 is 1.66. The summed E-state index contributed by atoms with van der Waals surface area (Å²) in [7, 11) is 0. The van der Waals surface area contributed by atoms with Crippen molar-refractivity contribution >= 4 is 23.4 Å². The van der Waals surface area contributed by atoms with Crippen LogP contribution >= 0.6 is 11.8 Å². The van der Waals surface area contributed by atoms with Crippen molar-refractivity contribution in [2.45, 2.75) is 48.8 Å². The zero-order valence-corrected chi connectivity index (χ0v) is 16.4. The summed E-state index contributed by atoms with van der Waals surface area (Å²) in [4.78, 5) is 16.3. The van der Waals surface area contributed by atoms with Gasteiger partial charge in [0.25, 0.3) is 5.91 Å². The lowest BCUT2D eigenvalue weighted by Gasteiger charge is -2.35. The third-order valence-electron chi connectivity index (χ3n) is 4.69. The van der Waals surface area contributed by atoms with Gasteiger partial charge >= 0.3 is 0 Å². The Morgan fingerprint density at radius 3 is 2.38 bits per heavy atom. The van der Waals surface area contributed by atoms with Crippen molar-refractivity contribution in [1.29, 1.82) is 0 Å². The van der Waals surface area contributed by atoms with Crippen LogP contribution < -0.4 is 10.2 Å². The molecule has 138 valence electrons. The zero-order chi connectivity index (χ0) is 18.5. The topological polar surface area (TPSA) is 42.8 Å². The molecule has 2 aromatic rings. The Bertz CT molecular complexity index is 728. The average Bonchev–Trinajstić information content (AvgIpc) is 2.62. The third-order valence-corrected chi connectivity index (χ3v) is 5.77. The molecular weight excluding hydrogens is 344 g/mol. The van der Waals surface area contributed by atoms with Crippen LogP contribution in [0.25, 0.3) is 0 Å². The van der Waals surface area contributed by atoms with Gasteiger partial charge in [-0.2, -0.15) is 0 Å². The van der Waals surface area contributed by atoms with E-state index in [4.69, 9.17) is 4.74 Å². The Morgan fingerprint density at radius 2 is 1.69 bits per heavy atom. The molecule has 2 N–H and O–H groups in total. The second-order valence-corrected chi connectivity index (χ2v) is 8.06. The molecule has 26 heavy (non-hydrogen) atoms. The van der Waals surface area contributed by atoms with Crippen molar-refractivity contribution in [3.05, 3.63) is 54.6 Å². The number of quaternary nitrogens is 1. The van der Waals surface area contributed by atoms with Gasteiger partial charge in [-0.1, -0.05) is 42.1 Å². The van der Waals surface area contributed by atoms with Gasteiger partial charge in [0, 0.05) is 9.79 Å². The summed E-state index contributed by atoms with van der Waals surface area (Å²) in [5, 5.41) is 3.14. The van der Waals surface area contributed by atoms with Crippen LogP contribution in [0, 0.1) is 0 Å². The van der Waals surface area contributed by atoms with E-state index in [1.165, 1.54) is 4.90 Å². The van der Waals surface area contributed by atoms with Gasteiger partial charge in [-0.3, -0.25) is 4.79 Å². The molecule has 0 radical (unpaired) electrons. The first-order chi connectivity index (χ1) is 12.5. The highest BCUT2D eigenvalue weighted by molar-refractivity contribution is 7.99. The molecule has 5 heteroatoms. The molecule has 0 spiro atoms. The van der Waals surface area contributed by atoms with E-state index in [1.807, 2.05) is 49.4 Å².